The first kappa shape index (κ1) is 17.9. The van der Waals surface area contributed by atoms with Crippen molar-refractivity contribution in [3.63, 3.8) is 0 Å². The first-order chi connectivity index (χ1) is 13.7. The first-order valence-corrected chi connectivity index (χ1v) is 9.31. The molecule has 0 bridgehead atoms. The molecule has 0 aliphatic rings. The SMILES string of the molecule is CC[C@@H](C(=O)Nc1ccc(-c2ccc3nnc(C)n3n2)cc1)c1ccccc1. The molecule has 1 amide bonds. The Balaban J connectivity index is 1.52. The number of fused-ring (bicyclic) bond motifs is 1. The molecule has 140 valence electrons. The van der Waals surface area contributed by atoms with Crippen LogP contribution in [-0.4, -0.2) is 25.7 Å². The molecule has 0 aliphatic heterocycles. The Labute approximate surface area is 163 Å². The van der Waals surface area contributed by atoms with Gasteiger partial charge in [0.25, 0.3) is 0 Å². The summed E-state index contributed by atoms with van der Waals surface area (Å²) in [5.41, 5.74) is 4.30. The molecule has 2 aromatic heterocycles. The van der Waals surface area contributed by atoms with E-state index in [4.69, 9.17) is 0 Å². The summed E-state index contributed by atoms with van der Waals surface area (Å²) < 4.78 is 1.72. The molecule has 0 saturated carbocycles. The fraction of sp³-hybridized carbons (Fsp3) is 0.182. The van der Waals surface area contributed by atoms with Crippen LogP contribution in [0.4, 0.5) is 5.69 Å². The predicted molar refractivity (Wildman–Crippen MR) is 109 cm³/mol. The number of nitrogens with zero attached hydrogens (tertiary/aromatic N) is 4. The predicted octanol–water partition coefficient (Wildman–Crippen LogP) is 4.23. The monoisotopic (exact) mass is 371 g/mol. The molecule has 0 spiro atoms. The molecule has 2 heterocycles. The summed E-state index contributed by atoms with van der Waals surface area (Å²) in [6.07, 6.45) is 0.746. The van der Waals surface area contributed by atoms with E-state index in [9.17, 15) is 4.79 Å². The molecule has 0 radical (unpaired) electrons. The maximum Gasteiger partial charge on any atom is 0.231 e. The van der Waals surface area contributed by atoms with Crippen LogP contribution >= 0.6 is 0 Å². The van der Waals surface area contributed by atoms with Gasteiger partial charge in [-0.25, -0.2) is 0 Å². The topological polar surface area (TPSA) is 72.2 Å². The van der Waals surface area contributed by atoms with E-state index in [1.54, 1.807) is 4.52 Å². The van der Waals surface area contributed by atoms with E-state index < -0.39 is 0 Å². The molecule has 4 rings (SSSR count). The second-order valence-electron chi connectivity index (χ2n) is 6.67. The minimum atomic E-state index is -0.165. The number of carbonyl (C=O) groups excluding carboxylic acids is 1. The number of aromatic nitrogens is 4. The largest absolute Gasteiger partial charge is 0.326 e. The van der Waals surface area contributed by atoms with Crippen molar-refractivity contribution in [2.24, 2.45) is 0 Å². The van der Waals surface area contributed by atoms with E-state index in [1.165, 1.54) is 0 Å². The van der Waals surface area contributed by atoms with E-state index in [-0.39, 0.29) is 11.8 Å². The van der Waals surface area contributed by atoms with E-state index in [0.29, 0.717) is 0 Å². The number of amides is 1. The third kappa shape index (κ3) is 3.49. The van der Waals surface area contributed by atoms with Crippen LogP contribution < -0.4 is 5.32 Å². The van der Waals surface area contributed by atoms with Gasteiger partial charge in [0.15, 0.2) is 11.5 Å². The standard InChI is InChI=1S/C22H21N5O/c1-3-19(16-7-5-4-6-8-16)22(28)23-18-11-9-17(10-12-18)20-13-14-21-25-24-15(2)27(21)26-20/h4-14,19H,3H2,1-2H3,(H,23,28)/t19-/m1/s1. The number of benzene rings is 2. The summed E-state index contributed by atoms with van der Waals surface area (Å²) in [7, 11) is 0. The van der Waals surface area contributed by atoms with E-state index >= 15 is 0 Å². The van der Waals surface area contributed by atoms with Gasteiger partial charge in [-0.1, -0.05) is 49.4 Å². The van der Waals surface area contributed by atoms with Crippen molar-refractivity contribution in [3.8, 4) is 11.3 Å². The normalized spacial score (nSPS) is 12.1. The highest BCUT2D eigenvalue weighted by atomic mass is 16.1. The lowest BCUT2D eigenvalue weighted by molar-refractivity contribution is -0.117. The maximum absolute atomic E-state index is 12.7. The van der Waals surface area contributed by atoms with Crippen LogP contribution in [-0.2, 0) is 4.79 Å². The second kappa shape index (κ2) is 7.60. The molecular formula is C22H21N5O. The maximum atomic E-state index is 12.7. The van der Waals surface area contributed by atoms with Crippen molar-refractivity contribution >= 4 is 17.2 Å². The first-order valence-electron chi connectivity index (χ1n) is 9.31. The number of carbonyl (C=O) groups is 1. The summed E-state index contributed by atoms with van der Waals surface area (Å²) in [6, 6.07) is 21.4. The fourth-order valence-electron chi connectivity index (χ4n) is 3.26. The van der Waals surface area contributed by atoms with Crippen LogP contribution in [0.2, 0.25) is 0 Å². The van der Waals surface area contributed by atoms with Gasteiger partial charge in [0.2, 0.25) is 5.91 Å². The molecule has 28 heavy (non-hydrogen) atoms. The fourth-order valence-corrected chi connectivity index (χ4v) is 3.26. The molecule has 6 heteroatoms. The van der Waals surface area contributed by atoms with Crippen LogP contribution in [0.3, 0.4) is 0 Å². The lowest BCUT2D eigenvalue weighted by Crippen LogP contribution is -2.20. The number of aryl methyl sites for hydroxylation is 1. The molecule has 1 N–H and O–H groups in total. The number of nitrogens with one attached hydrogen (secondary N) is 1. The molecule has 0 aliphatic carbocycles. The molecule has 2 aromatic carbocycles. The molecule has 1 atom stereocenters. The van der Waals surface area contributed by atoms with Crippen LogP contribution in [0.25, 0.3) is 16.9 Å². The van der Waals surface area contributed by atoms with Gasteiger partial charge >= 0.3 is 0 Å². The van der Waals surface area contributed by atoms with Crippen molar-refractivity contribution < 1.29 is 4.79 Å². The quantitative estimate of drug-likeness (QED) is 0.570. The summed E-state index contributed by atoms with van der Waals surface area (Å²) >= 11 is 0. The average molecular weight is 371 g/mol. The van der Waals surface area contributed by atoms with Gasteiger partial charge in [-0.2, -0.15) is 9.61 Å². The Bertz CT molecular complexity index is 1100. The third-order valence-electron chi connectivity index (χ3n) is 4.79. The van der Waals surface area contributed by atoms with Gasteiger partial charge in [-0.15, -0.1) is 10.2 Å². The molecule has 4 aromatic rings. The Morgan fingerprint density at radius 2 is 1.75 bits per heavy atom. The van der Waals surface area contributed by atoms with Crippen LogP contribution in [0.5, 0.6) is 0 Å². The Morgan fingerprint density at radius 1 is 1.00 bits per heavy atom. The third-order valence-corrected chi connectivity index (χ3v) is 4.79. The number of hydrogen-bond donors (Lipinski definition) is 1. The summed E-state index contributed by atoms with van der Waals surface area (Å²) in [5.74, 6) is 0.579. The van der Waals surface area contributed by atoms with Crippen LogP contribution in [0.15, 0.2) is 66.7 Å². The van der Waals surface area contributed by atoms with Crippen molar-refractivity contribution in [3.05, 3.63) is 78.1 Å². The highest BCUT2D eigenvalue weighted by molar-refractivity contribution is 5.96. The highest BCUT2D eigenvalue weighted by Gasteiger charge is 2.18. The highest BCUT2D eigenvalue weighted by Crippen LogP contribution is 2.23. The van der Waals surface area contributed by atoms with Crippen molar-refractivity contribution in [2.75, 3.05) is 5.32 Å². The van der Waals surface area contributed by atoms with E-state index in [2.05, 4.69) is 20.6 Å². The molecule has 0 fully saturated rings. The minimum absolute atomic E-state index is 0.00103. The smallest absolute Gasteiger partial charge is 0.231 e. The van der Waals surface area contributed by atoms with E-state index in [1.807, 2.05) is 80.6 Å². The Hall–Kier alpha value is -3.54. The number of rotatable bonds is 5. The molecule has 0 saturated heterocycles. The lowest BCUT2D eigenvalue weighted by Gasteiger charge is -2.15. The zero-order chi connectivity index (χ0) is 19.5. The lowest BCUT2D eigenvalue weighted by atomic mass is 9.95. The zero-order valence-electron chi connectivity index (χ0n) is 15.8. The van der Waals surface area contributed by atoms with Crippen LogP contribution in [0, 0.1) is 6.92 Å². The van der Waals surface area contributed by atoms with Gasteiger partial charge in [0.05, 0.1) is 11.6 Å². The van der Waals surface area contributed by atoms with Gasteiger partial charge < -0.3 is 5.32 Å². The number of hydrogen-bond acceptors (Lipinski definition) is 4. The van der Waals surface area contributed by atoms with Crippen molar-refractivity contribution in [2.45, 2.75) is 26.2 Å². The minimum Gasteiger partial charge on any atom is -0.326 e. The summed E-state index contributed by atoms with van der Waals surface area (Å²) in [6.45, 7) is 3.89. The zero-order valence-corrected chi connectivity index (χ0v) is 15.8. The summed E-state index contributed by atoms with van der Waals surface area (Å²) in [5, 5.41) is 15.7. The Kier molecular flexibility index (Phi) is 4.85. The van der Waals surface area contributed by atoms with E-state index in [0.717, 1.165) is 40.4 Å². The van der Waals surface area contributed by atoms with Gasteiger partial charge in [-0.05, 0) is 43.2 Å². The van der Waals surface area contributed by atoms with Gasteiger partial charge in [0.1, 0.15) is 0 Å². The Morgan fingerprint density at radius 3 is 2.46 bits per heavy atom. The summed E-state index contributed by atoms with van der Waals surface area (Å²) in [4.78, 5) is 12.7. The molecular weight excluding hydrogens is 350 g/mol. The number of anilines is 1. The molecule has 0 unspecified atom stereocenters. The molecule has 6 nitrogen and oxygen atoms in total. The van der Waals surface area contributed by atoms with Crippen molar-refractivity contribution in [1.82, 2.24) is 19.8 Å². The van der Waals surface area contributed by atoms with Gasteiger partial charge in [-0.3, -0.25) is 4.79 Å². The van der Waals surface area contributed by atoms with Crippen LogP contribution in [0.1, 0.15) is 30.7 Å². The van der Waals surface area contributed by atoms with Gasteiger partial charge in [0, 0.05) is 11.3 Å². The average Bonchev–Trinajstić information content (AvgIpc) is 3.10. The van der Waals surface area contributed by atoms with Crippen molar-refractivity contribution in [1.29, 1.82) is 0 Å². The second-order valence-corrected chi connectivity index (χ2v) is 6.67.